The van der Waals surface area contributed by atoms with Gasteiger partial charge in [-0.3, -0.25) is 0 Å². The number of anilines is 1. The number of halogens is 1. The SMILES string of the molecule is Cc1cc(-c2ccc(C(=O)O)cc2N2CCC(c3[nH]cnc3C)CC2)ccc1F. The van der Waals surface area contributed by atoms with E-state index >= 15 is 0 Å². The first-order valence-electron chi connectivity index (χ1n) is 9.82. The van der Waals surface area contributed by atoms with Crippen LogP contribution in [0.5, 0.6) is 0 Å². The predicted molar refractivity (Wildman–Crippen MR) is 111 cm³/mol. The maximum absolute atomic E-state index is 13.8. The second-order valence-electron chi connectivity index (χ2n) is 7.66. The summed E-state index contributed by atoms with van der Waals surface area (Å²) in [4.78, 5) is 21.4. The normalized spacial score (nSPS) is 14.9. The highest BCUT2D eigenvalue weighted by molar-refractivity contribution is 5.92. The lowest BCUT2D eigenvalue weighted by atomic mass is 9.91. The number of carboxylic acid groups (broad SMARTS) is 1. The third-order valence-corrected chi connectivity index (χ3v) is 5.83. The van der Waals surface area contributed by atoms with E-state index in [2.05, 4.69) is 14.9 Å². The zero-order valence-corrected chi connectivity index (χ0v) is 16.6. The number of carboxylic acids is 1. The van der Waals surface area contributed by atoms with Gasteiger partial charge in [0.2, 0.25) is 0 Å². The minimum absolute atomic E-state index is 0.242. The molecule has 5 nitrogen and oxygen atoms in total. The van der Waals surface area contributed by atoms with Crippen molar-refractivity contribution in [1.82, 2.24) is 9.97 Å². The molecule has 0 amide bonds. The molecule has 3 aromatic rings. The van der Waals surface area contributed by atoms with Gasteiger partial charge in [-0.1, -0.05) is 12.1 Å². The van der Waals surface area contributed by atoms with Crippen LogP contribution in [-0.2, 0) is 0 Å². The molecule has 0 unspecified atom stereocenters. The molecule has 2 N–H and O–H groups in total. The Labute approximate surface area is 169 Å². The van der Waals surface area contributed by atoms with Crippen LogP contribution in [0.2, 0.25) is 0 Å². The van der Waals surface area contributed by atoms with E-state index in [0.717, 1.165) is 48.4 Å². The van der Waals surface area contributed by atoms with Crippen molar-refractivity contribution in [3.63, 3.8) is 0 Å². The predicted octanol–water partition coefficient (Wildman–Crippen LogP) is 4.91. The van der Waals surface area contributed by atoms with Crippen LogP contribution >= 0.6 is 0 Å². The topological polar surface area (TPSA) is 69.2 Å². The fourth-order valence-electron chi connectivity index (χ4n) is 4.18. The van der Waals surface area contributed by atoms with Gasteiger partial charge in [-0.15, -0.1) is 0 Å². The molecule has 1 aromatic heterocycles. The smallest absolute Gasteiger partial charge is 0.335 e. The van der Waals surface area contributed by atoms with E-state index in [1.54, 1.807) is 31.5 Å². The van der Waals surface area contributed by atoms with Crippen LogP contribution < -0.4 is 4.90 Å². The largest absolute Gasteiger partial charge is 0.478 e. The minimum atomic E-state index is -0.948. The Morgan fingerprint density at radius 2 is 1.93 bits per heavy atom. The number of nitrogens with one attached hydrogen (secondary N) is 1. The van der Waals surface area contributed by atoms with Gasteiger partial charge >= 0.3 is 5.97 Å². The summed E-state index contributed by atoms with van der Waals surface area (Å²) < 4.78 is 13.8. The van der Waals surface area contributed by atoms with Crippen LogP contribution in [0.25, 0.3) is 11.1 Å². The molecule has 1 fully saturated rings. The fraction of sp³-hybridized carbons (Fsp3) is 0.304. The molecule has 1 saturated heterocycles. The minimum Gasteiger partial charge on any atom is -0.478 e. The summed E-state index contributed by atoms with van der Waals surface area (Å²) in [5, 5.41) is 9.47. The molecule has 1 aliphatic heterocycles. The lowest BCUT2D eigenvalue weighted by Gasteiger charge is -2.35. The molecule has 2 heterocycles. The molecular formula is C23H24FN3O2. The van der Waals surface area contributed by atoms with Gasteiger partial charge in [0, 0.05) is 36.0 Å². The van der Waals surface area contributed by atoms with Gasteiger partial charge in [0.15, 0.2) is 0 Å². The standard InChI is InChI=1S/C23H24FN3O2/c1-14-11-17(4-6-20(14)24)19-5-3-18(23(28)29)12-21(19)27-9-7-16(8-10-27)22-15(2)25-13-26-22/h3-6,11-13,16H,7-10H2,1-2H3,(H,25,26)(H,28,29). The number of carbonyl (C=O) groups is 1. The molecular weight excluding hydrogens is 369 g/mol. The van der Waals surface area contributed by atoms with Crippen molar-refractivity contribution in [3.8, 4) is 11.1 Å². The summed E-state index contributed by atoms with van der Waals surface area (Å²) >= 11 is 0. The Balaban J connectivity index is 1.66. The second-order valence-corrected chi connectivity index (χ2v) is 7.66. The van der Waals surface area contributed by atoms with Gasteiger partial charge < -0.3 is 15.0 Å². The van der Waals surface area contributed by atoms with Gasteiger partial charge in [-0.2, -0.15) is 0 Å². The molecule has 0 saturated carbocycles. The second kappa shape index (κ2) is 7.70. The number of imidazole rings is 1. The van der Waals surface area contributed by atoms with Crippen molar-refractivity contribution in [3.05, 3.63) is 71.1 Å². The molecule has 6 heteroatoms. The Bertz CT molecular complexity index is 1050. The zero-order valence-electron chi connectivity index (χ0n) is 16.6. The number of aromatic nitrogens is 2. The van der Waals surface area contributed by atoms with Crippen LogP contribution in [-0.4, -0.2) is 34.1 Å². The number of aryl methyl sites for hydroxylation is 2. The van der Waals surface area contributed by atoms with Crippen LogP contribution in [0.4, 0.5) is 10.1 Å². The number of hydrogen-bond donors (Lipinski definition) is 2. The Morgan fingerprint density at radius 1 is 1.17 bits per heavy atom. The van der Waals surface area contributed by atoms with Gasteiger partial charge in [0.1, 0.15) is 5.82 Å². The summed E-state index contributed by atoms with van der Waals surface area (Å²) in [5.74, 6) is -0.767. The van der Waals surface area contributed by atoms with E-state index in [1.807, 2.05) is 19.1 Å². The van der Waals surface area contributed by atoms with E-state index in [-0.39, 0.29) is 11.4 Å². The van der Waals surface area contributed by atoms with Crippen molar-refractivity contribution >= 4 is 11.7 Å². The first-order chi connectivity index (χ1) is 13.9. The molecule has 2 aromatic carbocycles. The van der Waals surface area contributed by atoms with Gasteiger partial charge in [0.25, 0.3) is 0 Å². The molecule has 0 radical (unpaired) electrons. The Hall–Kier alpha value is -3.15. The van der Waals surface area contributed by atoms with Crippen molar-refractivity contribution in [2.45, 2.75) is 32.6 Å². The number of rotatable bonds is 4. The summed E-state index contributed by atoms with van der Waals surface area (Å²) in [7, 11) is 0. The number of H-pyrrole nitrogens is 1. The van der Waals surface area contributed by atoms with E-state index < -0.39 is 5.97 Å². The van der Waals surface area contributed by atoms with Crippen molar-refractivity contribution in [2.24, 2.45) is 0 Å². The first kappa shape index (κ1) is 19.2. The molecule has 1 aliphatic rings. The lowest BCUT2D eigenvalue weighted by Crippen LogP contribution is -2.33. The molecule has 0 aliphatic carbocycles. The summed E-state index contributed by atoms with van der Waals surface area (Å²) in [6, 6.07) is 10.2. The zero-order chi connectivity index (χ0) is 20.5. The summed E-state index contributed by atoms with van der Waals surface area (Å²) in [6.07, 6.45) is 3.66. The molecule has 150 valence electrons. The van der Waals surface area contributed by atoms with E-state index in [4.69, 9.17) is 0 Å². The molecule has 4 rings (SSSR count). The van der Waals surface area contributed by atoms with Crippen molar-refractivity contribution in [2.75, 3.05) is 18.0 Å². The van der Waals surface area contributed by atoms with Crippen LogP contribution in [0.1, 0.15) is 46.1 Å². The molecule has 0 atom stereocenters. The van der Waals surface area contributed by atoms with Gasteiger partial charge in [-0.25, -0.2) is 14.2 Å². The fourth-order valence-corrected chi connectivity index (χ4v) is 4.18. The summed E-state index contributed by atoms with van der Waals surface area (Å²) in [5.41, 5.74) is 5.77. The van der Waals surface area contributed by atoms with Crippen molar-refractivity contribution in [1.29, 1.82) is 0 Å². The van der Waals surface area contributed by atoms with Gasteiger partial charge in [0.05, 0.1) is 17.6 Å². The van der Waals surface area contributed by atoms with Crippen molar-refractivity contribution < 1.29 is 14.3 Å². The first-order valence-corrected chi connectivity index (χ1v) is 9.82. The number of aromatic amines is 1. The maximum atomic E-state index is 13.8. The van der Waals surface area contributed by atoms with Crippen LogP contribution in [0.3, 0.4) is 0 Å². The number of nitrogens with zero attached hydrogens (tertiary/aromatic N) is 2. The van der Waals surface area contributed by atoms with Crippen LogP contribution in [0, 0.1) is 19.7 Å². The van der Waals surface area contributed by atoms with E-state index in [0.29, 0.717) is 11.5 Å². The number of aromatic carboxylic acids is 1. The third kappa shape index (κ3) is 3.75. The highest BCUT2D eigenvalue weighted by atomic mass is 19.1. The molecule has 0 spiro atoms. The molecule has 0 bridgehead atoms. The Morgan fingerprint density at radius 3 is 2.55 bits per heavy atom. The van der Waals surface area contributed by atoms with Gasteiger partial charge in [-0.05, 0) is 62.1 Å². The highest BCUT2D eigenvalue weighted by Gasteiger charge is 2.25. The van der Waals surface area contributed by atoms with Crippen LogP contribution in [0.15, 0.2) is 42.7 Å². The van der Waals surface area contributed by atoms with E-state index in [9.17, 15) is 14.3 Å². The maximum Gasteiger partial charge on any atom is 0.335 e. The van der Waals surface area contributed by atoms with E-state index in [1.165, 1.54) is 11.8 Å². The Kier molecular flexibility index (Phi) is 5.09. The quantitative estimate of drug-likeness (QED) is 0.660. The number of benzene rings is 2. The highest BCUT2D eigenvalue weighted by Crippen LogP contribution is 2.37. The number of piperidine rings is 1. The average Bonchev–Trinajstić information content (AvgIpc) is 3.15. The number of hydrogen-bond acceptors (Lipinski definition) is 3. The average molecular weight is 393 g/mol. The summed E-state index contributed by atoms with van der Waals surface area (Å²) in [6.45, 7) is 5.39. The lowest BCUT2D eigenvalue weighted by molar-refractivity contribution is 0.0697. The molecule has 29 heavy (non-hydrogen) atoms. The monoisotopic (exact) mass is 393 g/mol. The third-order valence-electron chi connectivity index (χ3n) is 5.83.